The third kappa shape index (κ3) is 2.26. The molecule has 1 radical (unpaired) electrons. The number of aliphatic hydroxyl groups excluding tert-OH is 1. The highest BCUT2D eigenvalue weighted by Gasteiger charge is 2.10. The lowest BCUT2D eigenvalue weighted by molar-refractivity contribution is 0.281. The van der Waals surface area contributed by atoms with Crippen molar-refractivity contribution in [2.75, 3.05) is 13.2 Å². The van der Waals surface area contributed by atoms with Crippen LogP contribution in [0.2, 0.25) is 0 Å². The van der Waals surface area contributed by atoms with Gasteiger partial charge in [0, 0.05) is 12.5 Å². The summed E-state index contributed by atoms with van der Waals surface area (Å²) in [6, 6.07) is 5.85. The quantitative estimate of drug-likeness (QED) is 0.795. The fourth-order valence-electron chi connectivity index (χ4n) is 1.48. The fourth-order valence-corrected chi connectivity index (χ4v) is 1.48. The van der Waals surface area contributed by atoms with Gasteiger partial charge in [0.15, 0.2) is 0 Å². The van der Waals surface area contributed by atoms with Gasteiger partial charge in [-0.3, -0.25) is 0 Å². The van der Waals surface area contributed by atoms with Gasteiger partial charge in [-0.1, -0.05) is 12.1 Å². The van der Waals surface area contributed by atoms with Gasteiger partial charge in [-0.25, -0.2) is 0 Å². The Morgan fingerprint density at radius 3 is 2.79 bits per heavy atom. The standard InChI is InChI=1S/C12H17O2/c1-4-14-12-7-5-6-11(10(12)3)9(2)8-13/h5-7,9,13H,2,4,8H2,1,3H3. The highest BCUT2D eigenvalue weighted by molar-refractivity contribution is 5.41. The molecule has 14 heavy (non-hydrogen) atoms. The lowest BCUT2D eigenvalue weighted by Crippen LogP contribution is -2.03. The molecule has 77 valence electrons. The number of hydrogen-bond donors (Lipinski definition) is 1. The number of rotatable bonds is 4. The van der Waals surface area contributed by atoms with Crippen LogP contribution in [0.25, 0.3) is 0 Å². The van der Waals surface area contributed by atoms with E-state index < -0.39 is 0 Å². The second kappa shape index (κ2) is 5.01. The molecular weight excluding hydrogens is 176 g/mol. The van der Waals surface area contributed by atoms with Crippen LogP contribution in [0.15, 0.2) is 18.2 Å². The maximum Gasteiger partial charge on any atom is 0.122 e. The molecule has 0 bridgehead atoms. The van der Waals surface area contributed by atoms with Crippen molar-refractivity contribution in [1.29, 1.82) is 0 Å². The van der Waals surface area contributed by atoms with E-state index in [9.17, 15) is 0 Å². The zero-order valence-electron chi connectivity index (χ0n) is 8.79. The Morgan fingerprint density at radius 1 is 1.50 bits per heavy atom. The minimum atomic E-state index is -0.0737. The average Bonchev–Trinajstić information content (AvgIpc) is 2.20. The van der Waals surface area contributed by atoms with Gasteiger partial charge in [0.1, 0.15) is 5.75 Å². The van der Waals surface area contributed by atoms with Gasteiger partial charge in [0.05, 0.1) is 6.61 Å². The van der Waals surface area contributed by atoms with Gasteiger partial charge in [-0.05, 0) is 38.0 Å². The zero-order chi connectivity index (χ0) is 10.6. The first-order valence-corrected chi connectivity index (χ1v) is 4.87. The molecule has 0 fully saturated rings. The second-order valence-electron chi connectivity index (χ2n) is 3.28. The molecule has 0 saturated carbocycles. The molecule has 0 aliphatic carbocycles. The maximum atomic E-state index is 9.03. The van der Waals surface area contributed by atoms with Gasteiger partial charge in [-0.2, -0.15) is 0 Å². The molecule has 1 aromatic rings. The summed E-state index contributed by atoms with van der Waals surface area (Å²) in [4.78, 5) is 0. The molecule has 2 nitrogen and oxygen atoms in total. The molecule has 0 spiro atoms. The summed E-state index contributed by atoms with van der Waals surface area (Å²) >= 11 is 0. The number of ether oxygens (including phenoxy) is 1. The number of benzene rings is 1. The number of hydrogen-bond acceptors (Lipinski definition) is 2. The van der Waals surface area contributed by atoms with Crippen LogP contribution in [0.1, 0.15) is 24.0 Å². The van der Waals surface area contributed by atoms with E-state index in [1.807, 2.05) is 32.0 Å². The summed E-state index contributed by atoms with van der Waals surface area (Å²) in [5, 5.41) is 9.03. The molecular formula is C12H17O2. The highest BCUT2D eigenvalue weighted by Crippen LogP contribution is 2.26. The van der Waals surface area contributed by atoms with Crippen LogP contribution >= 0.6 is 0 Å². The van der Waals surface area contributed by atoms with Crippen molar-refractivity contribution in [2.24, 2.45) is 0 Å². The van der Waals surface area contributed by atoms with Crippen molar-refractivity contribution in [1.82, 2.24) is 0 Å². The molecule has 1 rings (SSSR count). The molecule has 1 unspecified atom stereocenters. The first-order chi connectivity index (χ1) is 6.70. The van der Waals surface area contributed by atoms with Crippen LogP contribution in [0.3, 0.4) is 0 Å². The van der Waals surface area contributed by atoms with Crippen LogP contribution in [-0.2, 0) is 0 Å². The predicted octanol–water partition coefficient (Wildman–Crippen LogP) is 2.30. The van der Waals surface area contributed by atoms with E-state index >= 15 is 0 Å². The maximum absolute atomic E-state index is 9.03. The first kappa shape index (κ1) is 11.1. The normalized spacial score (nSPS) is 12.6. The molecule has 0 saturated heterocycles. The monoisotopic (exact) mass is 193 g/mol. The lowest BCUT2D eigenvalue weighted by Gasteiger charge is -2.15. The highest BCUT2D eigenvalue weighted by atomic mass is 16.5. The smallest absolute Gasteiger partial charge is 0.122 e. The minimum absolute atomic E-state index is 0.0659. The topological polar surface area (TPSA) is 29.5 Å². The van der Waals surface area contributed by atoms with Crippen molar-refractivity contribution in [3.05, 3.63) is 36.2 Å². The Bertz CT molecular complexity index is 294. The van der Waals surface area contributed by atoms with Crippen LogP contribution < -0.4 is 4.74 Å². The molecule has 0 heterocycles. The summed E-state index contributed by atoms with van der Waals surface area (Å²) in [7, 11) is 0. The Hall–Kier alpha value is -1.02. The Balaban J connectivity index is 3.00. The predicted molar refractivity (Wildman–Crippen MR) is 57.5 cm³/mol. The van der Waals surface area contributed by atoms with E-state index in [1.54, 1.807) is 0 Å². The van der Waals surface area contributed by atoms with Crippen molar-refractivity contribution in [3.8, 4) is 5.75 Å². The zero-order valence-corrected chi connectivity index (χ0v) is 8.79. The molecule has 1 N–H and O–H groups in total. The molecule has 0 aromatic heterocycles. The third-order valence-electron chi connectivity index (χ3n) is 2.29. The van der Waals surface area contributed by atoms with Crippen LogP contribution in [0.5, 0.6) is 5.75 Å². The van der Waals surface area contributed by atoms with Crippen molar-refractivity contribution in [3.63, 3.8) is 0 Å². The van der Waals surface area contributed by atoms with Gasteiger partial charge in [0.25, 0.3) is 0 Å². The average molecular weight is 193 g/mol. The van der Waals surface area contributed by atoms with Crippen LogP contribution in [-0.4, -0.2) is 18.3 Å². The Labute approximate surface area is 85.5 Å². The fraction of sp³-hybridized carbons (Fsp3) is 0.417. The molecule has 2 heteroatoms. The van der Waals surface area contributed by atoms with E-state index in [-0.39, 0.29) is 12.5 Å². The number of aliphatic hydroxyl groups is 1. The minimum Gasteiger partial charge on any atom is -0.494 e. The molecule has 0 aliphatic rings. The summed E-state index contributed by atoms with van der Waals surface area (Å²) in [5.41, 5.74) is 2.13. The van der Waals surface area contributed by atoms with Crippen molar-refractivity contribution >= 4 is 0 Å². The van der Waals surface area contributed by atoms with Gasteiger partial charge in [-0.15, -0.1) is 0 Å². The molecule has 1 atom stereocenters. The van der Waals surface area contributed by atoms with E-state index in [0.717, 1.165) is 16.9 Å². The van der Waals surface area contributed by atoms with Gasteiger partial charge < -0.3 is 9.84 Å². The largest absolute Gasteiger partial charge is 0.494 e. The Kier molecular flexibility index (Phi) is 3.96. The summed E-state index contributed by atoms with van der Waals surface area (Å²) < 4.78 is 5.46. The van der Waals surface area contributed by atoms with Gasteiger partial charge in [0.2, 0.25) is 0 Å². The van der Waals surface area contributed by atoms with Crippen molar-refractivity contribution in [2.45, 2.75) is 19.8 Å². The lowest BCUT2D eigenvalue weighted by atomic mass is 9.96. The molecule has 0 amide bonds. The van der Waals surface area contributed by atoms with Crippen LogP contribution in [0.4, 0.5) is 0 Å². The second-order valence-corrected chi connectivity index (χ2v) is 3.28. The summed E-state index contributed by atoms with van der Waals surface area (Å²) in [6.07, 6.45) is 0. The molecule has 1 aromatic carbocycles. The Morgan fingerprint density at radius 2 is 2.21 bits per heavy atom. The van der Waals surface area contributed by atoms with E-state index in [1.165, 1.54) is 0 Å². The third-order valence-corrected chi connectivity index (χ3v) is 2.29. The molecule has 0 aliphatic heterocycles. The van der Waals surface area contributed by atoms with E-state index in [0.29, 0.717) is 6.61 Å². The summed E-state index contributed by atoms with van der Waals surface area (Å²) in [6.45, 7) is 8.56. The van der Waals surface area contributed by atoms with Gasteiger partial charge >= 0.3 is 0 Å². The van der Waals surface area contributed by atoms with E-state index in [2.05, 4.69) is 6.92 Å². The van der Waals surface area contributed by atoms with E-state index in [4.69, 9.17) is 9.84 Å². The van der Waals surface area contributed by atoms with Crippen LogP contribution in [0, 0.1) is 13.8 Å². The van der Waals surface area contributed by atoms with Crippen molar-refractivity contribution < 1.29 is 9.84 Å². The first-order valence-electron chi connectivity index (χ1n) is 4.87. The summed E-state index contributed by atoms with van der Waals surface area (Å²) in [5.74, 6) is 0.808. The SMILES string of the molecule is [CH2]C(CO)c1cccc(OCC)c1C.